The number of hydrogen-bond donors (Lipinski definition) is 0. The highest BCUT2D eigenvalue weighted by atomic mass is 32.1. The second-order valence-electron chi connectivity index (χ2n) is 12.4. The van der Waals surface area contributed by atoms with Crippen molar-refractivity contribution in [2.75, 3.05) is 0 Å². The van der Waals surface area contributed by atoms with Crippen molar-refractivity contribution in [3.8, 4) is 45.3 Å². The Morgan fingerprint density at radius 2 is 0.837 bits per heavy atom. The van der Waals surface area contributed by atoms with E-state index in [1.807, 2.05) is 18.2 Å². The predicted molar refractivity (Wildman–Crippen MR) is 207 cm³/mol. The molecule has 4 heteroatoms. The molecule has 228 valence electrons. The molecule has 0 spiro atoms. The van der Waals surface area contributed by atoms with Crippen molar-refractivity contribution in [2.24, 2.45) is 0 Å². The van der Waals surface area contributed by atoms with E-state index in [1.165, 1.54) is 47.1 Å². The normalized spacial score (nSPS) is 11.7. The molecule has 10 rings (SSSR count). The number of fused-ring (bicyclic) bond motifs is 9. The molecule has 0 N–H and O–H groups in total. The van der Waals surface area contributed by atoms with Gasteiger partial charge in [-0.1, -0.05) is 140 Å². The average molecular weight is 642 g/mol. The second kappa shape index (κ2) is 11.2. The molecule has 0 aliphatic carbocycles. The second-order valence-corrected chi connectivity index (χ2v) is 13.4. The quantitative estimate of drug-likeness (QED) is 0.180. The van der Waals surface area contributed by atoms with Gasteiger partial charge in [0.25, 0.3) is 0 Å². The van der Waals surface area contributed by atoms with E-state index in [1.54, 1.807) is 11.3 Å². The minimum Gasteiger partial charge on any atom is -0.208 e. The summed E-state index contributed by atoms with van der Waals surface area (Å²) in [7, 11) is 0. The van der Waals surface area contributed by atoms with Crippen molar-refractivity contribution < 1.29 is 0 Å². The van der Waals surface area contributed by atoms with E-state index in [2.05, 4.69) is 146 Å². The highest BCUT2D eigenvalue weighted by Gasteiger charge is 2.21. The Bertz CT molecular complexity index is 2880. The molecule has 0 saturated carbocycles. The lowest BCUT2D eigenvalue weighted by Crippen LogP contribution is -2.01. The fourth-order valence-electron chi connectivity index (χ4n) is 7.30. The number of hydrogen-bond acceptors (Lipinski definition) is 4. The summed E-state index contributed by atoms with van der Waals surface area (Å²) in [6.07, 6.45) is 0. The Balaban J connectivity index is 1.36. The molecule has 0 amide bonds. The van der Waals surface area contributed by atoms with Crippen LogP contribution in [0.2, 0.25) is 0 Å². The van der Waals surface area contributed by atoms with Gasteiger partial charge in [-0.3, -0.25) is 0 Å². The topological polar surface area (TPSA) is 38.7 Å². The van der Waals surface area contributed by atoms with E-state index in [0.29, 0.717) is 17.5 Å². The van der Waals surface area contributed by atoms with E-state index in [-0.39, 0.29) is 0 Å². The summed E-state index contributed by atoms with van der Waals surface area (Å²) in [5, 5.41) is 9.56. The van der Waals surface area contributed by atoms with Crippen LogP contribution in [0.15, 0.2) is 164 Å². The van der Waals surface area contributed by atoms with Crippen LogP contribution in [-0.4, -0.2) is 15.0 Å². The number of nitrogens with zero attached hydrogens (tertiary/aromatic N) is 3. The molecule has 0 saturated heterocycles. The Hall–Kier alpha value is -6.23. The summed E-state index contributed by atoms with van der Waals surface area (Å²) in [4.78, 5) is 15.9. The summed E-state index contributed by atoms with van der Waals surface area (Å²) in [5.41, 5.74) is 5.22. The Morgan fingerprint density at radius 1 is 0.306 bits per heavy atom. The molecule has 0 unspecified atom stereocenters. The molecular formula is C45H27N3S. The van der Waals surface area contributed by atoms with Gasteiger partial charge in [0.15, 0.2) is 17.5 Å². The smallest absolute Gasteiger partial charge is 0.164 e. The van der Waals surface area contributed by atoms with Crippen LogP contribution in [0.3, 0.4) is 0 Å². The minimum atomic E-state index is 0.653. The van der Waals surface area contributed by atoms with Gasteiger partial charge in [0, 0.05) is 42.2 Å². The fraction of sp³-hybridized carbons (Fsp3) is 0. The van der Waals surface area contributed by atoms with Crippen molar-refractivity contribution in [3.63, 3.8) is 0 Å². The van der Waals surface area contributed by atoms with Gasteiger partial charge >= 0.3 is 0 Å². The number of thiophene rings is 1. The maximum atomic E-state index is 5.39. The highest BCUT2D eigenvalue weighted by Crippen LogP contribution is 2.44. The van der Waals surface area contributed by atoms with Crippen LogP contribution >= 0.6 is 11.3 Å². The molecule has 0 radical (unpaired) electrons. The lowest BCUT2D eigenvalue weighted by molar-refractivity contribution is 1.08. The first-order valence-corrected chi connectivity index (χ1v) is 17.3. The first kappa shape index (κ1) is 27.8. The van der Waals surface area contributed by atoms with Crippen LogP contribution in [-0.2, 0) is 0 Å². The fourth-order valence-corrected chi connectivity index (χ4v) is 8.43. The minimum absolute atomic E-state index is 0.653. The van der Waals surface area contributed by atoms with Gasteiger partial charge < -0.3 is 0 Å². The summed E-state index contributed by atoms with van der Waals surface area (Å²) >= 11 is 1.80. The Morgan fingerprint density at radius 3 is 1.57 bits per heavy atom. The first-order chi connectivity index (χ1) is 24.3. The zero-order valence-corrected chi connectivity index (χ0v) is 27.2. The van der Waals surface area contributed by atoms with Crippen molar-refractivity contribution in [1.29, 1.82) is 0 Å². The largest absolute Gasteiger partial charge is 0.208 e. The van der Waals surface area contributed by atoms with Crippen molar-refractivity contribution in [3.05, 3.63) is 164 Å². The lowest BCUT2D eigenvalue weighted by Gasteiger charge is -2.17. The van der Waals surface area contributed by atoms with Crippen LogP contribution in [0.1, 0.15) is 0 Å². The molecular weight excluding hydrogens is 615 g/mol. The van der Waals surface area contributed by atoms with Gasteiger partial charge in [-0.25, -0.2) is 15.0 Å². The SMILES string of the molecule is c1ccc(-c2cc(-c3nc(-c4ccccc4)nc(-c4cccc5sc6ccccc6c45)n3)c3c4ccccc4c4ccccc4c3c2)cc1. The Labute approximate surface area is 286 Å². The van der Waals surface area contributed by atoms with E-state index >= 15 is 0 Å². The van der Waals surface area contributed by atoms with Crippen LogP contribution in [0.4, 0.5) is 0 Å². The zero-order valence-electron chi connectivity index (χ0n) is 26.3. The van der Waals surface area contributed by atoms with Crippen molar-refractivity contribution >= 4 is 63.8 Å². The van der Waals surface area contributed by atoms with Gasteiger partial charge in [-0.15, -0.1) is 11.3 Å². The molecule has 0 aliphatic rings. The molecule has 3 nitrogen and oxygen atoms in total. The number of rotatable bonds is 4. The van der Waals surface area contributed by atoms with E-state index in [9.17, 15) is 0 Å². The summed E-state index contributed by atoms with van der Waals surface area (Å²) < 4.78 is 2.47. The molecule has 49 heavy (non-hydrogen) atoms. The van der Waals surface area contributed by atoms with Crippen molar-refractivity contribution in [2.45, 2.75) is 0 Å². The maximum Gasteiger partial charge on any atom is 0.164 e. The van der Waals surface area contributed by atoms with Gasteiger partial charge in [-0.05, 0) is 62.3 Å². The number of benzene rings is 8. The van der Waals surface area contributed by atoms with E-state index < -0.39 is 0 Å². The standard InChI is InChI=1S/C45H27N3S/c1-3-14-28(15-4-1)30-26-37-33-20-8-7-18-31(33)32-19-9-10-21-34(32)41(37)38(27-30)45-47-43(29-16-5-2-6-17-29)46-44(48-45)36-23-13-25-40-42(36)35-22-11-12-24-39(35)49-40/h1-27H. The van der Waals surface area contributed by atoms with Gasteiger partial charge in [0.2, 0.25) is 0 Å². The number of aromatic nitrogens is 3. The molecule has 10 aromatic rings. The van der Waals surface area contributed by atoms with Gasteiger partial charge in [0.1, 0.15) is 0 Å². The monoisotopic (exact) mass is 641 g/mol. The predicted octanol–water partition coefficient (Wildman–Crippen LogP) is 12.4. The first-order valence-electron chi connectivity index (χ1n) is 16.5. The summed E-state index contributed by atoms with van der Waals surface area (Å²) in [5.74, 6) is 1.98. The molecule has 0 bridgehead atoms. The molecule has 0 fully saturated rings. The van der Waals surface area contributed by atoms with Crippen LogP contribution in [0, 0.1) is 0 Å². The van der Waals surface area contributed by atoms with Crippen LogP contribution < -0.4 is 0 Å². The van der Waals surface area contributed by atoms with E-state index in [4.69, 9.17) is 15.0 Å². The summed E-state index contributed by atoms with van der Waals surface area (Å²) in [6.45, 7) is 0. The van der Waals surface area contributed by atoms with Crippen molar-refractivity contribution in [1.82, 2.24) is 15.0 Å². The molecule has 2 aromatic heterocycles. The maximum absolute atomic E-state index is 5.39. The molecule has 8 aromatic carbocycles. The van der Waals surface area contributed by atoms with Gasteiger partial charge in [-0.2, -0.15) is 0 Å². The molecule has 0 atom stereocenters. The lowest BCUT2D eigenvalue weighted by atomic mass is 9.88. The van der Waals surface area contributed by atoms with Crippen LogP contribution in [0.25, 0.3) is 97.8 Å². The van der Waals surface area contributed by atoms with E-state index in [0.717, 1.165) is 33.2 Å². The molecule has 0 aliphatic heterocycles. The highest BCUT2D eigenvalue weighted by molar-refractivity contribution is 7.25. The average Bonchev–Trinajstić information content (AvgIpc) is 3.57. The third kappa shape index (κ3) is 4.53. The zero-order chi connectivity index (χ0) is 32.3. The summed E-state index contributed by atoms with van der Waals surface area (Å²) in [6, 6.07) is 57.9. The third-order valence-corrected chi connectivity index (χ3v) is 10.6. The van der Waals surface area contributed by atoms with Gasteiger partial charge in [0.05, 0.1) is 0 Å². The molecule has 2 heterocycles. The van der Waals surface area contributed by atoms with Crippen LogP contribution in [0.5, 0.6) is 0 Å². The third-order valence-electron chi connectivity index (χ3n) is 9.50. The Kier molecular flexibility index (Phi) is 6.36.